The first-order valence-corrected chi connectivity index (χ1v) is 7.46. The third-order valence-corrected chi connectivity index (χ3v) is 4.36. The Morgan fingerprint density at radius 3 is 2.87 bits per heavy atom. The zero-order chi connectivity index (χ0) is 16.6. The maximum atomic E-state index is 13.7. The second-order valence-electron chi connectivity index (χ2n) is 4.82. The molecule has 2 heterocycles. The molecule has 0 atom stereocenters. The van der Waals surface area contributed by atoms with Crippen molar-refractivity contribution in [3.63, 3.8) is 0 Å². The van der Waals surface area contributed by atoms with Crippen LogP contribution in [0.2, 0.25) is 0 Å². The molecule has 0 aliphatic carbocycles. The van der Waals surface area contributed by atoms with E-state index in [9.17, 15) is 19.3 Å². The topological polar surface area (TPSA) is 74.4 Å². The average Bonchev–Trinajstić information content (AvgIpc) is 3.00. The Balaban J connectivity index is 2.12. The lowest BCUT2D eigenvalue weighted by molar-refractivity contribution is -0.385. The molecule has 8 heteroatoms. The number of rotatable bonds is 4. The van der Waals surface area contributed by atoms with Gasteiger partial charge >= 0.3 is 0 Å². The molecule has 3 aromatic rings. The van der Waals surface area contributed by atoms with E-state index in [0.717, 1.165) is 10.8 Å². The first kappa shape index (κ1) is 15.2. The summed E-state index contributed by atoms with van der Waals surface area (Å²) >= 11 is 1.44. The predicted molar refractivity (Wildman–Crippen MR) is 84.8 cm³/mol. The summed E-state index contributed by atoms with van der Waals surface area (Å²) in [6.07, 6.45) is 1.57. The van der Waals surface area contributed by atoms with Crippen LogP contribution in [0.15, 0.2) is 40.6 Å². The number of halogens is 1. The lowest BCUT2D eigenvalue weighted by Crippen LogP contribution is -2.20. The van der Waals surface area contributed by atoms with Crippen molar-refractivity contribution in [1.82, 2.24) is 4.57 Å². The van der Waals surface area contributed by atoms with Gasteiger partial charge in [-0.1, -0.05) is 0 Å². The quantitative estimate of drug-likeness (QED) is 0.542. The van der Waals surface area contributed by atoms with Gasteiger partial charge in [-0.15, -0.1) is 11.3 Å². The molecule has 23 heavy (non-hydrogen) atoms. The summed E-state index contributed by atoms with van der Waals surface area (Å²) in [6.45, 7) is -0.0441. The van der Waals surface area contributed by atoms with E-state index in [0.29, 0.717) is 5.39 Å². The Morgan fingerprint density at radius 1 is 1.39 bits per heavy atom. The van der Waals surface area contributed by atoms with Crippen LogP contribution in [0.4, 0.5) is 10.1 Å². The van der Waals surface area contributed by atoms with E-state index in [1.165, 1.54) is 29.1 Å². The van der Waals surface area contributed by atoms with Crippen LogP contribution in [0.3, 0.4) is 0 Å². The van der Waals surface area contributed by atoms with E-state index in [-0.39, 0.29) is 29.1 Å². The van der Waals surface area contributed by atoms with Crippen molar-refractivity contribution in [3.05, 3.63) is 67.7 Å². The van der Waals surface area contributed by atoms with Gasteiger partial charge in [-0.05, 0) is 23.6 Å². The molecular formula is C15H11FN2O4S. The summed E-state index contributed by atoms with van der Waals surface area (Å²) in [5, 5.41) is 13.5. The highest BCUT2D eigenvalue weighted by molar-refractivity contribution is 7.17. The molecule has 0 radical (unpaired) electrons. The van der Waals surface area contributed by atoms with E-state index in [1.54, 1.807) is 23.7 Å². The van der Waals surface area contributed by atoms with E-state index in [2.05, 4.69) is 0 Å². The van der Waals surface area contributed by atoms with Gasteiger partial charge in [0.15, 0.2) is 11.6 Å². The smallest absolute Gasteiger partial charge is 0.277 e. The van der Waals surface area contributed by atoms with E-state index in [1.807, 2.05) is 0 Å². The summed E-state index contributed by atoms with van der Waals surface area (Å²) in [5.74, 6) is -0.918. The molecule has 0 bridgehead atoms. The summed E-state index contributed by atoms with van der Waals surface area (Å²) in [7, 11) is 1.28. The molecule has 0 aliphatic rings. The molecule has 6 nitrogen and oxygen atoms in total. The third kappa shape index (κ3) is 2.68. The van der Waals surface area contributed by atoms with Crippen molar-refractivity contribution in [1.29, 1.82) is 0 Å². The van der Waals surface area contributed by atoms with Gasteiger partial charge in [0.25, 0.3) is 11.2 Å². The molecule has 0 unspecified atom stereocenters. The number of nitro benzene ring substituents is 1. The Kier molecular flexibility index (Phi) is 3.83. The van der Waals surface area contributed by atoms with Gasteiger partial charge in [0.1, 0.15) is 0 Å². The van der Waals surface area contributed by atoms with E-state index in [4.69, 9.17) is 4.74 Å². The first-order chi connectivity index (χ1) is 11.0. The van der Waals surface area contributed by atoms with Crippen LogP contribution in [0, 0.1) is 15.9 Å². The molecule has 3 rings (SSSR count). The molecule has 0 aliphatic heterocycles. The van der Waals surface area contributed by atoms with Crippen molar-refractivity contribution in [3.8, 4) is 5.75 Å². The zero-order valence-electron chi connectivity index (χ0n) is 12.0. The van der Waals surface area contributed by atoms with Crippen LogP contribution >= 0.6 is 11.3 Å². The Labute approximate surface area is 133 Å². The number of aromatic nitrogens is 1. The number of nitro groups is 1. The summed E-state index contributed by atoms with van der Waals surface area (Å²) in [5.41, 5.74) is -0.438. The fourth-order valence-electron chi connectivity index (χ4n) is 2.35. The molecule has 1 aromatic carbocycles. The Hall–Kier alpha value is -2.74. The van der Waals surface area contributed by atoms with Crippen molar-refractivity contribution < 1.29 is 14.1 Å². The normalized spacial score (nSPS) is 10.9. The van der Waals surface area contributed by atoms with Crippen molar-refractivity contribution in [2.75, 3.05) is 7.11 Å². The number of methoxy groups -OCH3 is 1. The minimum absolute atomic E-state index is 0.0441. The van der Waals surface area contributed by atoms with Crippen LogP contribution in [0.25, 0.3) is 10.1 Å². The van der Waals surface area contributed by atoms with Gasteiger partial charge < -0.3 is 9.30 Å². The van der Waals surface area contributed by atoms with Gasteiger partial charge in [0.05, 0.1) is 35.6 Å². The standard InChI is InChI=1S/C15H11FN2O4S/c1-22-13-6-9(12(18(20)21)7-11(13)16)8-17-4-2-14-10(15(17)19)3-5-23-14/h2-7H,8H2,1H3. The number of hydrogen-bond donors (Lipinski definition) is 0. The van der Waals surface area contributed by atoms with Crippen molar-refractivity contribution in [2.45, 2.75) is 6.54 Å². The molecule has 118 valence electrons. The van der Waals surface area contributed by atoms with Crippen LogP contribution in [-0.2, 0) is 6.54 Å². The minimum atomic E-state index is -0.816. The monoisotopic (exact) mass is 334 g/mol. The number of thiophene rings is 1. The average molecular weight is 334 g/mol. The third-order valence-electron chi connectivity index (χ3n) is 3.48. The highest BCUT2D eigenvalue weighted by Crippen LogP contribution is 2.28. The van der Waals surface area contributed by atoms with Crippen LogP contribution in [0.5, 0.6) is 5.75 Å². The van der Waals surface area contributed by atoms with Gasteiger partial charge in [0.2, 0.25) is 0 Å². The van der Waals surface area contributed by atoms with Crippen LogP contribution < -0.4 is 10.3 Å². The summed E-state index contributed by atoms with van der Waals surface area (Å²) in [6, 6.07) is 5.53. The molecule has 0 N–H and O–H groups in total. The summed E-state index contributed by atoms with van der Waals surface area (Å²) in [4.78, 5) is 22.8. The summed E-state index contributed by atoms with van der Waals surface area (Å²) < 4.78 is 20.7. The van der Waals surface area contributed by atoms with Gasteiger partial charge in [-0.25, -0.2) is 4.39 Å². The van der Waals surface area contributed by atoms with Gasteiger partial charge in [-0.3, -0.25) is 14.9 Å². The van der Waals surface area contributed by atoms with Crippen molar-refractivity contribution >= 4 is 27.1 Å². The predicted octanol–water partition coefficient (Wildman–Crippen LogP) is 3.17. The lowest BCUT2D eigenvalue weighted by Gasteiger charge is -2.09. The largest absolute Gasteiger partial charge is 0.494 e. The minimum Gasteiger partial charge on any atom is -0.494 e. The SMILES string of the molecule is COc1cc(Cn2ccc3sccc3c2=O)c([N+](=O)[O-])cc1F. The van der Waals surface area contributed by atoms with Crippen molar-refractivity contribution in [2.24, 2.45) is 0 Å². The highest BCUT2D eigenvalue weighted by Gasteiger charge is 2.19. The number of ether oxygens (including phenoxy) is 1. The van der Waals surface area contributed by atoms with Crippen LogP contribution in [-0.4, -0.2) is 16.6 Å². The Morgan fingerprint density at radius 2 is 2.17 bits per heavy atom. The Bertz CT molecular complexity index is 964. The number of fused-ring (bicyclic) bond motifs is 1. The first-order valence-electron chi connectivity index (χ1n) is 6.58. The molecule has 0 fully saturated rings. The molecule has 0 spiro atoms. The van der Waals surface area contributed by atoms with Gasteiger partial charge in [-0.2, -0.15) is 0 Å². The zero-order valence-corrected chi connectivity index (χ0v) is 12.8. The fraction of sp³-hybridized carbons (Fsp3) is 0.133. The second kappa shape index (κ2) is 5.81. The molecule has 0 saturated heterocycles. The number of hydrogen-bond acceptors (Lipinski definition) is 5. The highest BCUT2D eigenvalue weighted by atomic mass is 32.1. The van der Waals surface area contributed by atoms with E-state index >= 15 is 0 Å². The number of pyridine rings is 1. The number of benzene rings is 1. The molecular weight excluding hydrogens is 323 g/mol. The lowest BCUT2D eigenvalue weighted by atomic mass is 10.1. The van der Waals surface area contributed by atoms with Crippen LogP contribution in [0.1, 0.15) is 5.56 Å². The number of nitrogens with zero attached hydrogens (tertiary/aromatic N) is 2. The molecule has 2 aromatic heterocycles. The van der Waals surface area contributed by atoms with E-state index < -0.39 is 10.7 Å². The second-order valence-corrected chi connectivity index (χ2v) is 5.77. The van der Waals surface area contributed by atoms with Gasteiger partial charge in [0, 0.05) is 10.9 Å². The maximum Gasteiger partial charge on any atom is 0.277 e. The molecule has 0 saturated carbocycles. The maximum absolute atomic E-state index is 13.7. The fourth-order valence-corrected chi connectivity index (χ4v) is 3.13. The molecule has 0 amide bonds.